The number of benzene rings is 1. The number of rotatable bonds is 2. The zero-order chi connectivity index (χ0) is 17.5. The predicted octanol–water partition coefficient (Wildman–Crippen LogP) is -0.138. The second-order valence-electron chi connectivity index (χ2n) is 5.50. The number of amides is 1. The van der Waals surface area contributed by atoms with Gasteiger partial charge < -0.3 is 15.7 Å². The van der Waals surface area contributed by atoms with Crippen LogP contribution >= 0.6 is 0 Å². The molecular formula is C13H16FN5O4S. The third kappa shape index (κ3) is 2.99. The van der Waals surface area contributed by atoms with Gasteiger partial charge >= 0.3 is 10.2 Å². The maximum atomic E-state index is 14.4. The van der Waals surface area contributed by atoms with Crippen LogP contribution in [0.5, 0.6) is 5.75 Å². The number of anilines is 2. The molecule has 2 aliphatic rings. The summed E-state index contributed by atoms with van der Waals surface area (Å²) in [7, 11) is -4.20. The Morgan fingerprint density at radius 3 is 2.79 bits per heavy atom. The lowest BCUT2D eigenvalue weighted by Crippen LogP contribution is -2.41. The van der Waals surface area contributed by atoms with Gasteiger partial charge in [-0.1, -0.05) is 0 Å². The van der Waals surface area contributed by atoms with Crippen LogP contribution in [0.15, 0.2) is 17.1 Å². The van der Waals surface area contributed by atoms with Crippen molar-refractivity contribution in [3.05, 3.63) is 17.9 Å². The van der Waals surface area contributed by atoms with E-state index in [4.69, 9.17) is 0 Å². The van der Waals surface area contributed by atoms with Gasteiger partial charge in [0.25, 0.3) is 5.91 Å². The minimum Gasteiger partial charge on any atom is -0.506 e. The third-order valence-corrected chi connectivity index (χ3v) is 4.97. The summed E-state index contributed by atoms with van der Waals surface area (Å²) in [6.07, 6.45) is 0.867. The van der Waals surface area contributed by atoms with Crippen LogP contribution in [0.4, 0.5) is 15.8 Å². The van der Waals surface area contributed by atoms with E-state index in [-0.39, 0.29) is 16.0 Å². The van der Waals surface area contributed by atoms with E-state index in [1.165, 1.54) is 0 Å². The van der Waals surface area contributed by atoms with E-state index in [0.29, 0.717) is 12.5 Å². The lowest BCUT2D eigenvalue weighted by molar-refractivity contribution is -0.115. The van der Waals surface area contributed by atoms with Gasteiger partial charge in [-0.25, -0.2) is 4.39 Å². The molecule has 0 spiro atoms. The van der Waals surface area contributed by atoms with Gasteiger partial charge in [-0.05, 0) is 19.4 Å². The van der Waals surface area contributed by atoms with Crippen LogP contribution in [0.1, 0.15) is 13.3 Å². The van der Waals surface area contributed by atoms with E-state index >= 15 is 0 Å². The number of phenolic OH excluding ortho intramolecular Hbond substituents is 1. The minimum atomic E-state index is -4.20. The highest BCUT2D eigenvalue weighted by Gasteiger charge is 2.39. The summed E-state index contributed by atoms with van der Waals surface area (Å²) in [6.45, 7) is 2.09. The molecule has 1 fully saturated rings. The average Bonchev–Trinajstić information content (AvgIpc) is 2.74. The van der Waals surface area contributed by atoms with Crippen molar-refractivity contribution in [1.82, 2.24) is 10.0 Å². The van der Waals surface area contributed by atoms with Gasteiger partial charge in [0.15, 0.2) is 11.8 Å². The number of nitrogens with one attached hydrogen (secondary N) is 3. The average molecular weight is 357 g/mol. The van der Waals surface area contributed by atoms with E-state index in [1.807, 2.05) is 11.6 Å². The number of phenols is 1. The number of nitrogens with zero attached hydrogens (tertiary/aromatic N) is 2. The smallest absolute Gasteiger partial charge is 0.308 e. The Kier molecular flexibility index (Phi) is 4.05. The molecule has 0 aromatic heterocycles. The van der Waals surface area contributed by atoms with E-state index in [2.05, 4.69) is 15.6 Å². The Morgan fingerprint density at radius 1 is 1.46 bits per heavy atom. The molecule has 1 saturated heterocycles. The van der Waals surface area contributed by atoms with Gasteiger partial charge in [0.1, 0.15) is 11.4 Å². The van der Waals surface area contributed by atoms with E-state index in [0.717, 1.165) is 18.6 Å². The van der Waals surface area contributed by atoms with Crippen LogP contribution in [0.25, 0.3) is 0 Å². The number of carbonyl (C=O) groups is 1. The van der Waals surface area contributed by atoms with Gasteiger partial charge in [0, 0.05) is 24.3 Å². The molecule has 2 aliphatic heterocycles. The fraction of sp³-hybridized carbons (Fsp3) is 0.385. The van der Waals surface area contributed by atoms with E-state index in [1.54, 1.807) is 0 Å². The van der Waals surface area contributed by atoms with Crippen molar-refractivity contribution < 1.29 is 22.7 Å². The molecule has 0 bridgehead atoms. The van der Waals surface area contributed by atoms with Crippen LogP contribution in [0, 0.1) is 5.82 Å². The van der Waals surface area contributed by atoms with Gasteiger partial charge in [-0.3, -0.25) is 9.79 Å². The number of halogens is 1. The van der Waals surface area contributed by atoms with Crippen molar-refractivity contribution in [3.8, 4) is 5.75 Å². The van der Waals surface area contributed by atoms with Crippen LogP contribution in [0.2, 0.25) is 0 Å². The summed E-state index contributed by atoms with van der Waals surface area (Å²) in [5, 5.41) is 15.9. The molecule has 2 heterocycles. The highest BCUT2D eigenvalue weighted by atomic mass is 32.2. The third-order valence-electron chi connectivity index (χ3n) is 3.60. The van der Waals surface area contributed by atoms with Crippen molar-refractivity contribution in [3.63, 3.8) is 0 Å². The molecule has 9 nitrogen and oxygen atoms in total. The second kappa shape index (κ2) is 5.91. The SMILES string of the molecule is CC1CCN=C(Nc2cc(O)c(N3C(=O)CNS3(=O)=O)c(F)c2)N1. The van der Waals surface area contributed by atoms with E-state index in [9.17, 15) is 22.7 Å². The first kappa shape index (κ1) is 16.5. The van der Waals surface area contributed by atoms with Crippen LogP contribution in [-0.2, 0) is 15.0 Å². The summed E-state index contributed by atoms with van der Waals surface area (Å²) in [5.74, 6) is -2.19. The summed E-state index contributed by atoms with van der Waals surface area (Å²) in [6, 6.07) is 2.31. The number of aromatic hydroxyl groups is 1. The number of guanidine groups is 1. The maximum Gasteiger partial charge on any atom is 0.308 e. The summed E-state index contributed by atoms with van der Waals surface area (Å²) in [5.41, 5.74) is -0.534. The monoisotopic (exact) mass is 357 g/mol. The highest BCUT2D eigenvalue weighted by Crippen LogP contribution is 2.36. The molecule has 1 amide bonds. The molecule has 0 aliphatic carbocycles. The first-order valence-corrected chi connectivity index (χ1v) is 8.65. The molecule has 4 N–H and O–H groups in total. The van der Waals surface area contributed by atoms with Crippen molar-refractivity contribution in [1.29, 1.82) is 0 Å². The Morgan fingerprint density at radius 2 is 2.21 bits per heavy atom. The van der Waals surface area contributed by atoms with Crippen LogP contribution in [-0.4, -0.2) is 44.5 Å². The summed E-state index contributed by atoms with van der Waals surface area (Å²) < 4.78 is 40.1. The second-order valence-corrected chi connectivity index (χ2v) is 7.10. The number of aliphatic imine (C=N–C) groups is 1. The van der Waals surface area contributed by atoms with Crippen molar-refractivity contribution in [2.24, 2.45) is 4.99 Å². The first-order chi connectivity index (χ1) is 11.3. The largest absolute Gasteiger partial charge is 0.506 e. The first-order valence-electron chi connectivity index (χ1n) is 7.21. The highest BCUT2D eigenvalue weighted by molar-refractivity contribution is 7.92. The Bertz CT molecular complexity index is 803. The summed E-state index contributed by atoms with van der Waals surface area (Å²) >= 11 is 0. The zero-order valence-corrected chi connectivity index (χ0v) is 13.5. The standard InChI is InChI=1S/C13H16FN5O4S/c1-7-2-3-15-13(17-7)18-8-4-9(14)12(10(20)5-8)19-11(21)6-16-24(19,22)23/h4-5,7,16,20H,2-3,6H2,1H3,(H2,15,17,18). The Labute approximate surface area is 137 Å². The van der Waals surface area contributed by atoms with Gasteiger partial charge in [0.2, 0.25) is 0 Å². The number of hydrogen-bond acceptors (Lipinski definition) is 7. The number of hydrogen-bond donors (Lipinski definition) is 4. The topological polar surface area (TPSA) is 123 Å². The van der Waals surface area contributed by atoms with Gasteiger partial charge in [-0.2, -0.15) is 17.4 Å². The molecule has 1 aromatic carbocycles. The maximum absolute atomic E-state index is 14.4. The molecule has 1 unspecified atom stereocenters. The van der Waals surface area contributed by atoms with Gasteiger partial charge in [0.05, 0.1) is 6.54 Å². The molecule has 0 saturated carbocycles. The molecule has 1 aromatic rings. The zero-order valence-electron chi connectivity index (χ0n) is 12.7. The normalized spacial score (nSPS) is 22.9. The van der Waals surface area contributed by atoms with Crippen molar-refractivity contribution in [2.75, 3.05) is 22.7 Å². The molecule has 0 radical (unpaired) electrons. The lowest BCUT2D eigenvalue weighted by atomic mass is 10.2. The molecule has 1 atom stereocenters. The molecule has 11 heteroatoms. The molecule has 3 rings (SSSR count). The number of carbonyl (C=O) groups excluding carboxylic acids is 1. The summed E-state index contributed by atoms with van der Waals surface area (Å²) in [4.78, 5) is 15.9. The van der Waals surface area contributed by atoms with Crippen LogP contribution < -0.4 is 19.7 Å². The Balaban J connectivity index is 1.92. The molecular weight excluding hydrogens is 341 g/mol. The molecule has 130 valence electrons. The van der Waals surface area contributed by atoms with Crippen molar-refractivity contribution in [2.45, 2.75) is 19.4 Å². The fourth-order valence-corrected chi connectivity index (χ4v) is 3.65. The molecule has 24 heavy (non-hydrogen) atoms. The lowest BCUT2D eigenvalue weighted by Gasteiger charge is -2.22. The minimum absolute atomic E-state index is 0.172. The van der Waals surface area contributed by atoms with E-state index < -0.39 is 39.9 Å². The van der Waals surface area contributed by atoms with Crippen LogP contribution in [0.3, 0.4) is 0 Å². The van der Waals surface area contributed by atoms with Crippen molar-refractivity contribution >= 4 is 33.5 Å². The quantitative estimate of drug-likeness (QED) is 0.584. The predicted molar refractivity (Wildman–Crippen MR) is 85.6 cm³/mol. The fourth-order valence-electron chi connectivity index (χ4n) is 2.46. The Hall–Kier alpha value is -2.40. The van der Waals surface area contributed by atoms with Gasteiger partial charge in [-0.15, -0.1) is 0 Å².